The summed E-state index contributed by atoms with van der Waals surface area (Å²) >= 11 is 3.54. The van der Waals surface area contributed by atoms with Crippen molar-refractivity contribution in [3.05, 3.63) is 16.2 Å². The van der Waals surface area contributed by atoms with E-state index in [2.05, 4.69) is 33.2 Å². The fraction of sp³-hybridized carbons (Fsp3) is 0.688. The number of pyridine rings is 1. The third kappa shape index (κ3) is 6.12. The minimum absolute atomic E-state index is 0.731. The molecule has 0 saturated heterocycles. The van der Waals surface area contributed by atoms with E-state index in [0.717, 1.165) is 28.1 Å². The van der Waals surface area contributed by atoms with Crippen molar-refractivity contribution in [2.45, 2.75) is 65.2 Å². The molecule has 1 heterocycles. The van der Waals surface area contributed by atoms with Crippen LogP contribution in [0, 0.1) is 6.92 Å². The van der Waals surface area contributed by atoms with Gasteiger partial charge >= 0.3 is 0 Å². The zero-order valence-electron chi connectivity index (χ0n) is 12.8. The maximum absolute atomic E-state index is 5.81. The number of unbranched alkanes of at least 4 members (excludes halogenated alkanes) is 7. The molecule has 4 heteroatoms. The van der Waals surface area contributed by atoms with Crippen LogP contribution in [-0.4, -0.2) is 11.5 Å². The molecule has 3 N–H and O–H groups in total. The van der Waals surface area contributed by atoms with Gasteiger partial charge in [-0.05, 0) is 34.8 Å². The lowest BCUT2D eigenvalue weighted by Crippen LogP contribution is -2.05. The Kier molecular flexibility index (Phi) is 8.67. The summed E-state index contributed by atoms with van der Waals surface area (Å²) in [5, 5.41) is 3.38. The van der Waals surface area contributed by atoms with Crippen LogP contribution in [0.5, 0.6) is 0 Å². The van der Waals surface area contributed by atoms with Gasteiger partial charge in [0, 0.05) is 6.54 Å². The molecule has 20 heavy (non-hydrogen) atoms. The van der Waals surface area contributed by atoms with Gasteiger partial charge in [-0.3, -0.25) is 0 Å². The van der Waals surface area contributed by atoms with E-state index in [1.54, 1.807) is 6.20 Å². The zero-order chi connectivity index (χ0) is 14.8. The molecule has 1 aromatic rings. The Morgan fingerprint density at radius 1 is 1.10 bits per heavy atom. The van der Waals surface area contributed by atoms with Gasteiger partial charge in [0.2, 0.25) is 0 Å². The highest BCUT2D eigenvalue weighted by Crippen LogP contribution is 2.27. The first-order valence-electron chi connectivity index (χ1n) is 7.81. The van der Waals surface area contributed by atoms with Crippen LogP contribution in [0.2, 0.25) is 0 Å². The number of anilines is 2. The van der Waals surface area contributed by atoms with Gasteiger partial charge in [-0.15, -0.1) is 0 Å². The summed E-state index contributed by atoms with van der Waals surface area (Å²) in [4.78, 5) is 4.32. The van der Waals surface area contributed by atoms with E-state index < -0.39 is 0 Å². The van der Waals surface area contributed by atoms with E-state index >= 15 is 0 Å². The van der Waals surface area contributed by atoms with E-state index in [1.165, 1.54) is 51.4 Å². The lowest BCUT2D eigenvalue weighted by molar-refractivity contribution is 0.581. The van der Waals surface area contributed by atoms with Crippen LogP contribution in [0.25, 0.3) is 0 Å². The summed E-state index contributed by atoms with van der Waals surface area (Å²) in [6, 6.07) is 0. The van der Waals surface area contributed by atoms with Gasteiger partial charge in [-0.1, -0.05) is 51.9 Å². The number of halogens is 1. The molecule has 0 bridgehead atoms. The van der Waals surface area contributed by atoms with E-state index in [1.807, 2.05) is 6.92 Å². The van der Waals surface area contributed by atoms with Crippen molar-refractivity contribution in [1.29, 1.82) is 0 Å². The minimum atomic E-state index is 0.731. The second-order valence-electron chi connectivity index (χ2n) is 5.40. The molecule has 0 aromatic carbocycles. The molecule has 0 aliphatic heterocycles. The lowest BCUT2D eigenvalue weighted by Gasteiger charge is -2.10. The van der Waals surface area contributed by atoms with Crippen LogP contribution in [-0.2, 0) is 0 Å². The Bertz CT molecular complexity index is 394. The minimum Gasteiger partial charge on any atom is -0.397 e. The fourth-order valence-electron chi connectivity index (χ4n) is 2.18. The normalized spacial score (nSPS) is 10.8. The van der Waals surface area contributed by atoms with Crippen molar-refractivity contribution in [1.82, 2.24) is 4.98 Å². The number of nitrogens with zero attached hydrogens (tertiary/aromatic N) is 1. The molecule has 0 aliphatic rings. The van der Waals surface area contributed by atoms with Crippen LogP contribution in [0.15, 0.2) is 10.7 Å². The summed E-state index contributed by atoms with van der Waals surface area (Å²) in [6.45, 7) is 5.24. The number of hydrogen-bond acceptors (Lipinski definition) is 3. The quantitative estimate of drug-likeness (QED) is 0.568. The molecule has 1 aromatic heterocycles. The maximum atomic E-state index is 5.81. The molecular weight excluding hydrogens is 314 g/mol. The predicted octanol–water partition coefficient (Wildman–Crippen LogP) is 5.29. The van der Waals surface area contributed by atoms with Gasteiger partial charge in [-0.2, -0.15) is 0 Å². The van der Waals surface area contributed by atoms with E-state index in [-0.39, 0.29) is 0 Å². The first kappa shape index (κ1) is 17.3. The highest BCUT2D eigenvalue weighted by molar-refractivity contribution is 9.10. The number of nitrogens with one attached hydrogen (secondary N) is 1. The van der Waals surface area contributed by atoms with Crippen LogP contribution in [0.3, 0.4) is 0 Å². The van der Waals surface area contributed by atoms with Crippen molar-refractivity contribution in [2.24, 2.45) is 0 Å². The molecule has 0 aliphatic carbocycles. The van der Waals surface area contributed by atoms with Crippen molar-refractivity contribution < 1.29 is 0 Å². The molecule has 0 unspecified atom stereocenters. The SMILES string of the molecule is CCCCCCCCCCNc1ncc(N)c(C)c1Br. The highest BCUT2D eigenvalue weighted by atomic mass is 79.9. The molecule has 0 amide bonds. The van der Waals surface area contributed by atoms with Crippen molar-refractivity contribution in [3.63, 3.8) is 0 Å². The highest BCUT2D eigenvalue weighted by Gasteiger charge is 2.06. The van der Waals surface area contributed by atoms with E-state index in [4.69, 9.17) is 5.73 Å². The average Bonchev–Trinajstić information content (AvgIpc) is 2.45. The van der Waals surface area contributed by atoms with Gasteiger partial charge in [0.1, 0.15) is 5.82 Å². The molecular formula is C16H28BrN3. The molecule has 114 valence electrons. The van der Waals surface area contributed by atoms with Gasteiger partial charge in [0.15, 0.2) is 0 Å². The van der Waals surface area contributed by atoms with Crippen molar-refractivity contribution >= 4 is 27.4 Å². The van der Waals surface area contributed by atoms with Crippen LogP contribution >= 0.6 is 15.9 Å². The van der Waals surface area contributed by atoms with Crippen LogP contribution in [0.4, 0.5) is 11.5 Å². The summed E-state index contributed by atoms with van der Waals surface area (Å²) in [6.07, 6.45) is 12.4. The predicted molar refractivity (Wildman–Crippen MR) is 92.2 cm³/mol. The summed E-state index contributed by atoms with van der Waals surface area (Å²) in [5.41, 5.74) is 7.60. The van der Waals surface area contributed by atoms with Crippen molar-refractivity contribution in [3.8, 4) is 0 Å². The third-order valence-corrected chi connectivity index (χ3v) is 4.60. The average molecular weight is 342 g/mol. The third-order valence-electron chi connectivity index (χ3n) is 3.63. The summed E-state index contributed by atoms with van der Waals surface area (Å²) in [5.74, 6) is 0.902. The lowest BCUT2D eigenvalue weighted by atomic mass is 10.1. The molecule has 0 spiro atoms. The monoisotopic (exact) mass is 341 g/mol. The number of aromatic nitrogens is 1. The Labute approximate surface area is 131 Å². The molecule has 0 saturated carbocycles. The summed E-state index contributed by atoms with van der Waals surface area (Å²) in [7, 11) is 0. The molecule has 3 nitrogen and oxygen atoms in total. The number of rotatable bonds is 10. The Morgan fingerprint density at radius 3 is 2.35 bits per heavy atom. The number of nitrogens with two attached hydrogens (primary N) is 1. The van der Waals surface area contributed by atoms with Gasteiger partial charge in [0.25, 0.3) is 0 Å². The van der Waals surface area contributed by atoms with Crippen LogP contribution < -0.4 is 11.1 Å². The standard InChI is InChI=1S/C16H28BrN3/c1-3-4-5-6-7-8-9-10-11-19-16-15(17)13(2)14(18)12-20-16/h12H,3-11,18H2,1-2H3,(H,19,20). The largest absolute Gasteiger partial charge is 0.397 e. The van der Waals surface area contributed by atoms with E-state index in [0.29, 0.717) is 0 Å². The Morgan fingerprint density at radius 2 is 1.70 bits per heavy atom. The second kappa shape index (κ2) is 10.0. The van der Waals surface area contributed by atoms with E-state index in [9.17, 15) is 0 Å². The first-order chi connectivity index (χ1) is 9.66. The van der Waals surface area contributed by atoms with Gasteiger partial charge in [-0.25, -0.2) is 4.98 Å². The first-order valence-corrected chi connectivity index (χ1v) is 8.60. The Balaban J connectivity index is 2.11. The Hall–Kier alpha value is -0.770. The second-order valence-corrected chi connectivity index (χ2v) is 6.20. The smallest absolute Gasteiger partial charge is 0.140 e. The van der Waals surface area contributed by atoms with Crippen LogP contribution in [0.1, 0.15) is 63.9 Å². The fourth-order valence-corrected chi connectivity index (χ4v) is 2.65. The van der Waals surface area contributed by atoms with Gasteiger partial charge in [0.05, 0.1) is 16.4 Å². The van der Waals surface area contributed by atoms with Gasteiger partial charge < -0.3 is 11.1 Å². The molecule has 1 rings (SSSR count). The topological polar surface area (TPSA) is 50.9 Å². The van der Waals surface area contributed by atoms with Crippen molar-refractivity contribution in [2.75, 3.05) is 17.6 Å². The summed E-state index contributed by atoms with van der Waals surface area (Å²) < 4.78 is 0.983. The maximum Gasteiger partial charge on any atom is 0.140 e. The number of hydrogen-bond donors (Lipinski definition) is 2. The molecule has 0 atom stereocenters. The zero-order valence-corrected chi connectivity index (χ0v) is 14.4. The number of nitrogen functional groups attached to an aromatic ring is 1. The molecule has 0 fully saturated rings. The molecule has 0 radical (unpaired) electrons.